The van der Waals surface area contributed by atoms with Gasteiger partial charge in [0.2, 0.25) is 0 Å². The van der Waals surface area contributed by atoms with Gasteiger partial charge in [-0.2, -0.15) is 0 Å². The van der Waals surface area contributed by atoms with Gasteiger partial charge in [-0.3, -0.25) is 0 Å². The minimum Gasteiger partial charge on any atom is -0.493 e. The number of rotatable bonds is 11. The molecule has 182 valence electrons. The fourth-order valence-corrected chi connectivity index (χ4v) is 5.93. The summed E-state index contributed by atoms with van der Waals surface area (Å²) >= 11 is 0. The Balaban J connectivity index is 2.42. The van der Waals surface area contributed by atoms with Gasteiger partial charge in [-0.25, -0.2) is 13.2 Å². The van der Waals surface area contributed by atoms with Crippen molar-refractivity contribution in [2.45, 2.75) is 83.5 Å². The van der Waals surface area contributed by atoms with Gasteiger partial charge < -0.3 is 9.84 Å². The number of hydrogen-bond donors (Lipinski definition) is 1. The van der Waals surface area contributed by atoms with E-state index in [4.69, 9.17) is 9.84 Å². The summed E-state index contributed by atoms with van der Waals surface area (Å²) in [4.78, 5) is 11.2. The van der Waals surface area contributed by atoms with Crippen LogP contribution in [-0.2, 0) is 20.0 Å². The number of allylic oxidation sites excluding steroid dienone is 5. The smallest absolute Gasteiger partial charge is 0.328 e. The van der Waals surface area contributed by atoms with Crippen LogP contribution in [0.15, 0.2) is 46.9 Å². The molecule has 1 aromatic carbocycles. The fourth-order valence-electron chi connectivity index (χ4n) is 3.97. The molecule has 0 saturated carbocycles. The van der Waals surface area contributed by atoms with Crippen molar-refractivity contribution in [1.29, 1.82) is 0 Å². The molecule has 0 saturated heterocycles. The molecule has 1 N–H and O–H groups in total. The van der Waals surface area contributed by atoms with Crippen LogP contribution in [0.1, 0.15) is 84.3 Å². The topological polar surface area (TPSA) is 80.7 Å². The maximum Gasteiger partial charge on any atom is 0.328 e. The number of benzene rings is 1. The fraction of sp³-hybridized carbons (Fsp3) is 0.519. The predicted molar refractivity (Wildman–Crippen MR) is 135 cm³/mol. The van der Waals surface area contributed by atoms with Crippen molar-refractivity contribution in [3.8, 4) is 5.75 Å². The van der Waals surface area contributed by atoms with Crippen LogP contribution in [-0.4, -0.2) is 31.9 Å². The summed E-state index contributed by atoms with van der Waals surface area (Å²) in [6.07, 6.45) is 12.8. The first-order valence-corrected chi connectivity index (χ1v) is 13.4. The van der Waals surface area contributed by atoms with E-state index in [1.54, 1.807) is 25.1 Å². The summed E-state index contributed by atoms with van der Waals surface area (Å²) in [6, 6.07) is 3.68. The van der Waals surface area contributed by atoms with Crippen LogP contribution in [0.5, 0.6) is 5.75 Å². The lowest BCUT2D eigenvalue weighted by atomic mass is 9.80. The van der Waals surface area contributed by atoms with Gasteiger partial charge in [-0.05, 0) is 60.9 Å². The summed E-state index contributed by atoms with van der Waals surface area (Å²) in [6.45, 7) is 10.6. The van der Waals surface area contributed by atoms with Crippen molar-refractivity contribution in [2.75, 3.05) is 12.4 Å². The van der Waals surface area contributed by atoms with Crippen molar-refractivity contribution >= 4 is 21.4 Å². The molecular formula is C27H38O5S. The Kier molecular flexibility index (Phi) is 9.53. The summed E-state index contributed by atoms with van der Waals surface area (Å²) in [5, 5.41) is 8.87. The minimum absolute atomic E-state index is 0.148. The Morgan fingerprint density at radius 1 is 1.15 bits per heavy atom. The Labute approximate surface area is 199 Å². The normalized spacial score (nSPS) is 17.7. The van der Waals surface area contributed by atoms with Crippen molar-refractivity contribution in [3.05, 3.63) is 53.1 Å². The van der Waals surface area contributed by atoms with E-state index in [0.29, 0.717) is 29.2 Å². The molecule has 0 aromatic heterocycles. The summed E-state index contributed by atoms with van der Waals surface area (Å²) < 4.78 is 31.8. The van der Waals surface area contributed by atoms with Crippen molar-refractivity contribution in [1.82, 2.24) is 0 Å². The SMILES string of the molecule is CCCCCCCOc1cc2c(cc1/C(C)=C/C=C/C(C)=C/C(=O)O)C(C)(C)CCS2(=O)=O. The quantitative estimate of drug-likeness (QED) is 0.225. The van der Waals surface area contributed by atoms with Gasteiger partial charge in [0.1, 0.15) is 5.75 Å². The number of carbonyl (C=O) groups is 1. The average molecular weight is 475 g/mol. The van der Waals surface area contributed by atoms with E-state index in [0.717, 1.165) is 35.6 Å². The van der Waals surface area contributed by atoms with Crippen LogP contribution in [0, 0.1) is 0 Å². The Hall–Kier alpha value is -2.34. The average Bonchev–Trinajstić information content (AvgIpc) is 2.73. The third-order valence-corrected chi connectivity index (χ3v) is 7.88. The highest BCUT2D eigenvalue weighted by Gasteiger charge is 2.36. The van der Waals surface area contributed by atoms with Crippen LogP contribution in [0.3, 0.4) is 0 Å². The van der Waals surface area contributed by atoms with Crippen molar-refractivity contribution in [3.63, 3.8) is 0 Å². The zero-order valence-electron chi connectivity index (χ0n) is 20.6. The number of hydrogen-bond acceptors (Lipinski definition) is 4. The maximum absolute atomic E-state index is 12.8. The van der Waals surface area contributed by atoms with E-state index in [1.807, 2.05) is 19.1 Å². The number of carboxylic acid groups (broad SMARTS) is 1. The zero-order chi connectivity index (χ0) is 24.6. The molecule has 0 radical (unpaired) electrons. The molecule has 0 spiro atoms. The zero-order valence-corrected chi connectivity index (χ0v) is 21.4. The molecule has 1 heterocycles. The molecule has 0 unspecified atom stereocenters. The second-order valence-electron chi connectivity index (χ2n) is 9.50. The number of ether oxygens (including phenoxy) is 1. The molecule has 0 fully saturated rings. The van der Waals surface area contributed by atoms with Crippen LogP contribution in [0.4, 0.5) is 0 Å². The van der Waals surface area contributed by atoms with Gasteiger partial charge in [-0.15, -0.1) is 0 Å². The molecule has 2 rings (SSSR count). The molecule has 1 aliphatic heterocycles. The first-order chi connectivity index (χ1) is 15.5. The standard InChI is InChI=1S/C27H38O5S/c1-6-7-8-9-10-15-32-24-19-25-23(27(4,5)14-16-33(25,30)31)18-22(24)21(3)13-11-12-20(2)17-26(28)29/h11-13,17-19H,6-10,14-16H2,1-5H3,(H,28,29)/b12-11+,20-17+,21-13+. The molecule has 1 aromatic rings. The summed E-state index contributed by atoms with van der Waals surface area (Å²) in [5.74, 6) is -0.244. The van der Waals surface area contributed by atoms with Gasteiger partial charge in [0.05, 0.1) is 17.3 Å². The molecule has 6 heteroatoms. The summed E-state index contributed by atoms with van der Waals surface area (Å²) in [5.41, 5.74) is 3.02. The van der Waals surface area contributed by atoms with E-state index >= 15 is 0 Å². The van der Waals surface area contributed by atoms with Crippen LogP contribution in [0.25, 0.3) is 5.57 Å². The largest absolute Gasteiger partial charge is 0.493 e. The highest BCUT2D eigenvalue weighted by Crippen LogP contribution is 2.43. The van der Waals surface area contributed by atoms with Crippen LogP contribution in [0.2, 0.25) is 0 Å². The monoisotopic (exact) mass is 474 g/mol. The third-order valence-electron chi connectivity index (χ3n) is 6.13. The first-order valence-electron chi connectivity index (χ1n) is 11.8. The van der Waals surface area contributed by atoms with Crippen LogP contribution < -0.4 is 4.74 Å². The highest BCUT2D eigenvalue weighted by atomic mass is 32.2. The lowest BCUT2D eigenvalue weighted by Gasteiger charge is -2.33. The molecule has 0 bridgehead atoms. The number of fused-ring (bicyclic) bond motifs is 1. The Morgan fingerprint density at radius 3 is 2.52 bits per heavy atom. The van der Waals surface area contributed by atoms with Gasteiger partial charge >= 0.3 is 5.97 Å². The van der Waals surface area contributed by atoms with E-state index in [9.17, 15) is 13.2 Å². The highest BCUT2D eigenvalue weighted by molar-refractivity contribution is 7.91. The third kappa shape index (κ3) is 7.60. The van der Waals surface area contributed by atoms with Gasteiger partial charge in [0, 0.05) is 11.6 Å². The van der Waals surface area contributed by atoms with E-state index in [1.165, 1.54) is 19.3 Å². The number of aliphatic carboxylic acids is 1. The van der Waals surface area contributed by atoms with E-state index < -0.39 is 15.8 Å². The van der Waals surface area contributed by atoms with Gasteiger partial charge in [0.15, 0.2) is 9.84 Å². The second kappa shape index (κ2) is 11.7. The Bertz CT molecular complexity index is 1040. The maximum atomic E-state index is 12.8. The predicted octanol–water partition coefficient (Wildman–Crippen LogP) is 6.48. The number of carboxylic acids is 1. The lowest BCUT2D eigenvalue weighted by molar-refractivity contribution is -0.131. The van der Waals surface area contributed by atoms with Gasteiger partial charge in [-0.1, -0.05) is 64.7 Å². The van der Waals surface area contributed by atoms with Crippen molar-refractivity contribution in [2.24, 2.45) is 0 Å². The molecule has 0 atom stereocenters. The minimum atomic E-state index is -3.34. The van der Waals surface area contributed by atoms with E-state index in [2.05, 4.69) is 20.8 Å². The number of unbranched alkanes of at least 4 members (excludes halogenated alkanes) is 4. The molecular weight excluding hydrogens is 436 g/mol. The summed E-state index contributed by atoms with van der Waals surface area (Å²) in [7, 11) is -3.34. The molecule has 5 nitrogen and oxygen atoms in total. The first kappa shape index (κ1) is 26.9. The molecule has 33 heavy (non-hydrogen) atoms. The molecule has 0 aliphatic carbocycles. The second-order valence-corrected chi connectivity index (χ2v) is 11.6. The Morgan fingerprint density at radius 2 is 1.85 bits per heavy atom. The van der Waals surface area contributed by atoms with Gasteiger partial charge in [0.25, 0.3) is 0 Å². The molecule has 0 amide bonds. The van der Waals surface area contributed by atoms with E-state index in [-0.39, 0.29) is 11.2 Å². The molecule has 1 aliphatic rings. The number of sulfone groups is 1. The van der Waals surface area contributed by atoms with Crippen LogP contribution >= 0.6 is 0 Å². The lowest BCUT2D eigenvalue weighted by Crippen LogP contribution is -2.30. The van der Waals surface area contributed by atoms with Crippen molar-refractivity contribution < 1.29 is 23.1 Å².